The van der Waals surface area contributed by atoms with E-state index in [1.54, 1.807) is 6.92 Å². The second-order valence-corrected chi connectivity index (χ2v) is 3.01. The standard InChI is InChI=1S/C8H11ClN2O2/c1-6-5-13-8(10-6)11-7(12)3-2-4-9/h5H,2-4H2,1H3,(H,10,11,12). The van der Waals surface area contributed by atoms with Gasteiger partial charge in [-0.15, -0.1) is 11.6 Å². The molecule has 0 aliphatic rings. The summed E-state index contributed by atoms with van der Waals surface area (Å²) in [6.07, 6.45) is 2.54. The lowest BCUT2D eigenvalue weighted by atomic mass is 10.3. The Morgan fingerprint density at radius 2 is 2.54 bits per heavy atom. The number of nitrogens with one attached hydrogen (secondary N) is 1. The van der Waals surface area contributed by atoms with Gasteiger partial charge in [0, 0.05) is 12.3 Å². The van der Waals surface area contributed by atoms with Crippen LogP contribution in [0.2, 0.25) is 0 Å². The van der Waals surface area contributed by atoms with Crippen molar-refractivity contribution in [1.29, 1.82) is 0 Å². The van der Waals surface area contributed by atoms with E-state index < -0.39 is 0 Å². The summed E-state index contributed by atoms with van der Waals surface area (Å²) in [5, 5.41) is 2.52. The van der Waals surface area contributed by atoms with Gasteiger partial charge in [0.15, 0.2) is 0 Å². The Morgan fingerprint density at radius 3 is 3.08 bits per heavy atom. The van der Waals surface area contributed by atoms with Crippen LogP contribution in [0.1, 0.15) is 18.5 Å². The first kappa shape index (κ1) is 10.1. The van der Waals surface area contributed by atoms with Crippen LogP contribution in [0.25, 0.3) is 0 Å². The lowest BCUT2D eigenvalue weighted by Gasteiger charge is -1.97. The number of rotatable bonds is 4. The van der Waals surface area contributed by atoms with Gasteiger partial charge in [-0.05, 0) is 13.3 Å². The molecule has 1 amide bonds. The van der Waals surface area contributed by atoms with Crippen LogP contribution < -0.4 is 5.32 Å². The minimum absolute atomic E-state index is 0.123. The predicted molar refractivity (Wildman–Crippen MR) is 49.8 cm³/mol. The number of carbonyl (C=O) groups is 1. The molecule has 0 atom stereocenters. The Hall–Kier alpha value is -1.03. The highest BCUT2D eigenvalue weighted by Gasteiger charge is 2.05. The van der Waals surface area contributed by atoms with Crippen LogP contribution >= 0.6 is 11.6 Å². The van der Waals surface area contributed by atoms with Gasteiger partial charge in [-0.25, -0.2) is 0 Å². The molecule has 0 saturated carbocycles. The number of halogens is 1. The number of anilines is 1. The highest BCUT2D eigenvalue weighted by molar-refractivity contribution is 6.18. The first-order valence-electron chi connectivity index (χ1n) is 4.00. The number of oxazole rings is 1. The zero-order chi connectivity index (χ0) is 9.68. The minimum atomic E-state index is -0.123. The van der Waals surface area contributed by atoms with Crippen molar-refractivity contribution in [2.45, 2.75) is 19.8 Å². The smallest absolute Gasteiger partial charge is 0.301 e. The third-order valence-electron chi connectivity index (χ3n) is 1.40. The number of hydrogen-bond donors (Lipinski definition) is 1. The first-order valence-corrected chi connectivity index (χ1v) is 4.54. The van der Waals surface area contributed by atoms with Crippen molar-refractivity contribution in [3.05, 3.63) is 12.0 Å². The summed E-state index contributed by atoms with van der Waals surface area (Å²) in [7, 11) is 0. The van der Waals surface area contributed by atoms with Gasteiger partial charge in [0.05, 0.1) is 5.69 Å². The molecule has 1 heterocycles. The summed E-state index contributed by atoms with van der Waals surface area (Å²) in [5.74, 6) is 0.361. The molecule has 1 rings (SSSR count). The predicted octanol–water partition coefficient (Wildman–Crippen LogP) is 1.94. The average molecular weight is 203 g/mol. The van der Waals surface area contributed by atoms with Crippen molar-refractivity contribution < 1.29 is 9.21 Å². The molecular formula is C8H11ClN2O2. The van der Waals surface area contributed by atoms with Crippen LogP contribution in [-0.2, 0) is 4.79 Å². The molecule has 0 unspecified atom stereocenters. The van der Waals surface area contributed by atoms with Gasteiger partial charge in [0.25, 0.3) is 0 Å². The normalized spacial score (nSPS) is 10.0. The Balaban J connectivity index is 2.36. The molecule has 1 aromatic rings. The molecule has 4 nitrogen and oxygen atoms in total. The summed E-state index contributed by atoms with van der Waals surface area (Å²) in [5.41, 5.74) is 0.743. The maximum Gasteiger partial charge on any atom is 0.301 e. The van der Waals surface area contributed by atoms with Crippen molar-refractivity contribution in [3.63, 3.8) is 0 Å². The summed E-state index contributed by atoms with van der Waals surface area (Å²) < 4.78 is 4.94. The number of aromatic nitrogens is 1. The molecular weight excluding hydrogens is 192 g/mol. The molecule has 0 fully saturated rings. The van der Waals surface area contributed by atoms with Gasteiger partial charge in [-0.2, -0.15) is 4.98 Å². The van der Waals surface area contributed by atoms with Gasteiger partial charge < -0.3 is 4.42 Å². The van der Waals surface area contributed by atoms with E-state index >= 15 is 0 Å². The highest BCUT2D eigenvalue weighted by Crippen LogP contribution is 2.06. The Kier molecular flexibility index (Phi) is 3.76. The fourth-order valence-electron chi connectivity index (χ4n) is 0.821. The molecule has 0 aliphatic carbocycles. The quantitative estimate of drug-likeness (QED) is 0.760. The van der Waals surface area contributed by atoms with Crippen LogP contribution in [0.15, 0.2) is 10.7 Å². The molecule has 0 spiro atoms. The van der Waals surface area contributed by atoms with Crippen molar-refractivity contribution in [1.82, 2.24) is 4.98 Å². The Morgan fingerprint density at radius 1 is 1.77 bits per heavy atom. The van der Waals surface area contributed by atoms with Crippen molar-refractivity contribution in [3.8, 4) is 0 Å². The molecule has 5 heteroatoms. The maximum atomic E-state index is 11.1. The van der Waals surface area contributed by atoms with Gasteiger partial charge in [0.1, 0.15) is 6.26 Å². The summed E-state index contributed by atoms with van der Waals surface area (Å²) in [4.78, 5) is 15.0. The van der Waals surface area contributed by atoms with Crippen LogP contribution in [0.4, 0.5) is 6.01 Å². The summed E-state index contributed by atoms with van der Waals surface area (Å²) in [6, 6.07) is 0.247. The largest absolute Gasteiger partial charge is 0.432 e. The SMILES string of the molecule is Cc1coc(NC(=O)CCCCl)n1. The molecule has 0 saturated heterocycles. The van der Waals surface area contributed by atoms with E-state index in [1.165, 1.54) is 6.26 Å². The fourth-order valence-corrected chi connectivity index (χ4v) is 0.954. The average Bonchev–Trinajstić information content (AvgIpc) is 2.48. The van der Waals surface area contributed by atoms with Gasteiger partial charge >= 0.3 is 6.01 Å². The minimum Gasteiger partial charge on any atom is -0.432 e. The number of carbonyl (C=O) groups excluding carboxylic acids is 1. The third kappa shape index (κ3) is 3.46. The van der Waals surface area contributed by atoms with Crippen molar-refractivity contribution in [2.75, 3.05) is 11.2 Å². The monoisotopic (exact) mass is 202 g/mol. The van der Waals surface area contributed by atoms with E-state index in [2.05, 4.69) is 10.3 Å². The molecule has 0 radical (unpaired) electrons. The zero-order valence-corrected chi connectivity index (χ0v) is 8.10. The number of alkyl halides is 1. The van der Waals surface area contributed by atoms with Gasteiger partial charge in [-0.1, -0.05) is 0 Å². The van der Waals surface area contributed by atoms with Crippen LogP contribution in [0, 0.1) is 6.92 Å². The van der Waals surface area contributed by atoms with Crippen molar-refractivity contribution >= 4 is 23.5 Å². The lowest BCUT2D eigenvalue weighted by molar-refractivity contribution is -0.116. The summed E-state index contributed by atoms with van der Waals surface area (Å²) in [6.45, 7) is 1.79. The van der Waals surface area contributed by atoms with Crippen LogP contribution in [0.3, 0.4) is 0 Å². The maximum absolute atomic E-state index is 11.1. The lowest BCUT2D eigenvalue weighted by Crippen LogP contribution is -2.11. The summed E-state index contributed by atoms with van der Waals surface area (Å²) >= 11 is 5.43. The number of amides is 1. The Bertz CT molecular complexity index is 285. The molecule has 72 valence electrons. The molecule has 0 aliphatic heterocycles. The van der Waals surface area contributed by atoms with Gasteiger partial charge in [-0.3, -0.25) is 10.1 Å². The van der Waals surface area contributed by atoms with E-state index in [0.717, 1.165) is 5.69 Å². The van der Waals surface area contributed by atoms with Crippen LogP contribution in [0.5, 0.6) is 0 Å². The zero-order valence-electron chi connectivity index (χ0n) is 7.34. The molecule has 1 N–H and O–H groups in total. The number of hydrogen-bond acceptors (Lipinski definition) is 3. The van der Waals surface area contributed by atoms with E-state index in [4.69, 9.17) is 16.0 Å². The molecule has 13 heavy (non-hydrogen) atoms. The second kappa shape index (κ2) is 4.87. The molecule has 0 bridgehead atoms. The topological polar surface area (TPSA) is 55.1 Å². The first-order chi connectivity index (χ1) is 6.22. The third-order valence-corrected chi connectivity index (χ3v) is 1.67. The van der Waals surface area contributed by atoms with E-state index in [1.807, 2.05) is 0 Å². The van der Waals surface area contributed by atoms with E-state index in [9.17, 15) is 4.79 Å². The Labute approximate surface area is 81.3 Å². The highest BCUT2D eigenvalue weighted by atomic mass is 35.5. The van der Waals surface area contributed by atoms with E-state index in [0.29, 0.717) is 18.7 Å². The van der Waals surface area contributed by atoms with E-state index in [-0.39, 0.29) is 11.9 Å². The number of nitrogens with zero attached hydrogens (tertiary/aromatic N) is 1. The van der Waals surface area contributed by atoms with Crippen LogP contribution in [-0.4, -0.2) is 16.8 Å². The fraction of sp³-hybridized carbons (Fsp3) is 0.500. The number of aryl methyl sites for hydroxylation is 1. The molecule has 1 aromatic heterocycles. The second-order valence-electron chi connectivity index (χ2n) is 2.63. The molecule has 0 aromatic carbocycles. The van der Waals surface area contributed by atoms with Crippen molar-refractivity contribution in [2.24, 2.45) is 0 Å². The van der Waals surface area contributed by atoms with Gasteiger partial charge in [0.2, 0.25) is 5.91 Å².